The maximum Gasteiger partial charge on any atom is 0.427 e. The fourth-order valence-corrected chi connectivity index (χ4v) is 5.34. The molecule has 40 heavy (non-hydrogen) atoms. The molecule has 1 aromatic heterocycles. The first-order valence-electron chi connectivity index (χ1n) is 12.2. The average Bonchev–Trinajstić information content (AvgIpc) is 3.29. The summed E-state index contributed by atoms with van der Waals surface area (Å²) in [6, 6.07) is 4.00. The van der Waals surface area contributed by atoms with E-state index in [0.717, 1.165) is 4.31 Å². The Bertz CT molecular complexity index is 1340. The highest BCUT2D eigenvalue weighted by molar-refractivity contribution is 7.93. The topological polar surface area (TPSA) is 157 Å². The summed E-state index contributed by atoms with van der Waals surface area (Å²) >= 11 is 0. The quantitative estimate of drug-likeness (QED) is 0.351. The lowest BCUT2D eigenvalue weighted by Gasteiger charge is -2.35. The van der Waals surface area contributed by atoms with E-state index in [-0.39, 0.29) is 53.8 Å². The third kappa shape index (κ3) is 6.96. The van der Waals surface area contributed by atoms with Crippen LogP contribution in [0.2, 0.25) is 0 Å². The summed E-state index contributed by atoms with van der Waals surface area (Å²) < 4.78 is 85.4. The Hall–Kier alpha value is -3.53. The van der Waals surface area contributed by atoms with Gasteiger partial charge in [-0.2, -0.15) is 13.2 Å². The van der Waals surface area contributed by atoms with Crippen LogP contribution in [0.15, 0.2) is 29.3 Å². The number of carbonyl (C=O) groups is 2. The molecule has 0 amide bonds. The highest BCUT2D eigenvalue weighted by atomic mass is 32.2. The van der Waals surface area contributed by atoms with Gasteiger partial charge in [-0.15, -0.1) is 5.10 Å². The monoisotopic (exact) mass is 593 g/mol. The summed E-state index contributed by atoms with van der Waals surface area (Å²) in [6.45, 7) is 2.50. The van der Waals surface area contributed by atoms with Crippen LogP contribution in [0.25, 0.3) is 0 Å². The minimum absolute atomic E-state index is 0.0238. The van der Waals surface area contributed by atoms with Crippen LogP contribution >= 0.6 is 0 Å². The van der Waals surface area contributed by atoms with Crippen LogP contribution in [0.1, 0.15) is 39.2 Å². The van der Waals surface area contributed by atoms with Crippen LogP contribution in [-0.4, -0.2) is 78.0 Å². The summed E-state index contributed by atoms with van der Waals surface area (Å²) in [5.41, 5.74) is -2.61. The second-order valence-corrected chi connectivity index (χ2v) is 11.2. The van der Waals surface area contributed by atoms with E-state index in [1.54, 1.807) is 6.92 Å². The minimum atomic E-state index is -4.80. The van der Waals surface area contributed by atoms with E-state index >= 15 is 0 Å². The number of hydrogen-bond donors (Lipinski definition) is 2. The van der Waals surface area contributed by atoms with Crippen LogP contribution in [-0.2, 0) is 37.3 Å². The van der Waals surface area contributed by atoms with Crippen molar-refractivity contribution < 1.29 is 55.6 Å². The normalized spacial score (nSPS) is 15.8. The van der Waals surface area contributed by atoms with Crippen molar-refractivity contribution in [3.8, 4) is 11.6 Å². The van der Waals surface area contributed by atoms with Crippen LogP contribution in [0.4, 0.5) is 18.9 Å². The minimum Gasteiger partial charge on any atom is -0.486 e. The number of ether oxygens (including phenoxy) is 3. The average molecular weight is 594 g/mol. The summed E-state index contributed by atoms with van der Waals surface area (Å²) in [7, 11) is -4.44. The number of halogens is 3. The number of sulfonamides is 1. The standard InChI is InChI=1S/C24H30F3N3O9S/c1-4-29-14-19(22(28-29)37-10-9-31)40(35,36)30-13-16(6-8-20(32)33)38-18-7-5-15(11-17(18)30)12-21(34)39-23(2,3)24(25,26)27/h5,7,11,14,16,31H,4,6,8-10,12-13H2,1-3H3,(H,32,33)/t16-/m0/s1. The van der Waals surface area contributed by atoms with Gasteiger partial charge >= 0.3 is 18.1 Å². The van der Waals surface area contributed by atoms with Crippen molar-refractivity contribution in [3.63, 3.8) is 0 Å². The van der Waals surface area contributed by atoms with Gasteiger partial charge in [0.15, 0.2) is 4.90 Å². The van der Waals surface area contributed by atoms with E-state index in [4.69, 9.17) is 19.7 Å². The van der Waals surface area contributed by atoms with Crippen molar-refractivity contribution in [1.82, 2.24) is 9.78 Å². The van der Waals surface area contributed by atoms with E-state index in [9.17, 15) is 31.2 Å². The maximum atomic E-state index is 13.9. The van der Waals surface area contributed by atoms with Gasteiger partial charge in [0.05, 0.1) is 25.3 Å². The number of esters is 1. The van der Waals surface area contributed by atoms with Gasteiger partial charge in [0.25, 0.3) is 15.9 Å². The van der Waals surface area contributed by atoms with Crippen LogP contribution in [0, 0.1) is 0 Å². The summed E-state index contributed by atoms with van der Waals surface area (Å²) in [6.07, 6.45) is -5.34. The number of carboxylic acid groups (broad SMARTS) is 1. The number of carboxylic acids is 1. The number of aliphatic carboxylic acids is 1. The molecule has 12 nitrogen and oxygen atoms in total. The third-order valence-corrected chi connectivity index (χ3v) is 7.72. The van der Waals surface area contributed by atoms with Crippen molar-refractivity contribution >= 4 is 27.6 Å². The SMILES string of the molecule is CCn1cc(S(=O)(=O)N2C[C@H](CCC(=O)O)Oc3ccc(CC(=O)OC(C)(C)C(F)(F)F)cc32)c(OCCO)n1. The first-order valence-corrected chi connectivity index (χ1v) is 13.7. The molecule has 0 unspecified atom stereocenters. The third-order valence-electron chi connectivity index (χ3n) is 5.95. The summed E-state index contributed by atoms with van der Waals surface area (Å²) in [5, 5.41) is 22.3. The van der Waals surface area contributed by atoms with Gasteiger partial charge in [0.2, 0.25) is 5.60 Å². The fourth-order valence-electron chi connectivity index (χ4n) is 3.76. The van der Waals surface area contributed by atoms with Crippen molar-refractivity contribution in [2.45, 2.75) is 69.4 Å². The van der Waals surface area contributed by atoms with Crippen molar-refractivity contribution in [1.29, 1.82) is 0 Å². The molecule has 3 rings (SSSR count). The number of anilines is 1. The number of aromatic nitrogens is 2. The molecule has 0 aliphatic carbocycles. The number of carbonyl (C=O) groups excluding carboxylic acids is 1. The largest absolute Gasteiger partial charge is 0.486 e. The lowest BCUT2D eigenvalue weighted by molar-refractivity contribution is -0.257. The van der Waals surface area contributed by atoms with E-state index in [0.29, 0.717) is 20.4 Å². The molecule has 2 aromatic rings. The number of hydrogen-bond acceptors (Lipinski definition) is 9. The highest BCUT2D eigenvalue weighted by Gasteiger charge is 2.50. The first-order chi connectivity index (χ1) is 18.6. The van der Waals surface area contributed by atoms with Gasteiger partial charge in [0.1, 0.15) is 18.5 Å². The van der Waals surface area contributed by atoms with Gasteiger partial charge in [-0.1, -0.05) is 6.07 Å². The summed E-state index contributed by atoms with van der Waals surface area (Å²) in [4.78, 5) is 23.1. The Balaban J connectivity index is 2.01. The molecule has 0 spiro atoms. The molecule has 2 heterocycles. The number of aryl methyl sites for hydroxylation is 1. The molecule has 222 valence electrons. The zero-order valence-electron chi connectivity index (χ0n) is 22.0. The molecular formula is C24H30F3N3O9S. The number of benzene rings is 1. The highest BCUT2D eigenvalue weighted by Crippen LogP contribution is 2.40. The zero-order chi connectivity index (χ0) is 29.9. The number of rotatable bonds is 12. The zero-order valence-corrected chi connectivity index (χ0v) is 22.8. The van der Waals surface area contributed by atoms with E-state index in [1.807, 2.05) is 0 Å². The Kier molecular flexibility index (Phi) is 9.24. The molecule has 0 radical (unpaired) electrons. The number of aliphatic hydroxyl groups is 1. The molecule has 0 saturated carbocycles. The number of aliphatic hydroxyl groups excluding tert-OH is 1. The van der Waals surface area contributed by atoms with Gasteiger partial charge in [0, 0.05) is 19.2 Å². The molecule has 1 atom stereocenters. The van der Waals surface area contributed by atoms with E-state index < -0.39 is 52.9 Å². The molecule has 0 saturated heterocycles. The molecule has 1 aliphatic rings. The Morgan fingerprint density at radius 1 is 1.25 bits per heavy atom. The Labute approximate surface area is 228 Å². The van der Waals surface area contributed by atoms with Crippen LogP contribution < -0.4 is 13.8 Å². The smallest absolute Gasteiger partial charge is 0.427 e. The van der Waals surface area contributed by atoms with Crippen molar-refractivity contribution in [3.05, 3.63) is 30.0 Å². The van der Waals surface area contributed by atoms with Crippen LogP contribution in [0.3, 0.4) is 0 Å². The number of alkyl halides is 3. The predicted molar refractivity (Wildman–Crippen MR) is 133 cm³/mol. The van der Waals surface area contributed by atoms with Crippen molar-refractivity contribution in [2.75, 3.05) is 24.1 Å². The first kappa shape index (κ1) is 31.0. The summed E-state index contributed by atoms with van der Waals surface area (Å²) in [5.74, 6) is -2.50. The second-order valence-electron chi connectivity index (χ2n) is 9.40. The molecule has 1 aliphatic heterocycles. The van der Waals surface area contributed by atoms with Crippen LogP contribution in [0.5, 0.6) is 11.6 Å². The van der Waals surface area contributed by atoms with E-state index in [1.165, 1.54) is 29.1 Å². The van der Waals surface area contributed by atoms with Gasteiger partial charge in [-0.05, 0) is 44.9 Å². The van der Waals surface area contributed by atoms with E-state index in [2.05, 4.69) is 9.84 Å². The van der Waals surface area contributed by atoms with Gasteiger partial charge < -0.3 is 24.4 Å². The predicted octanol–water partition coefficient (Wildman–Crippen LogP) is 2.52. The molecule has 0 fully saturated rings. The number of fused-ring (bicyclic) bond motifs is 1. The Morgan fingerprint density at radius 2 is 1.95 bits per heavy atom. The fraction of sp³-hybridized carbons (Fsp3) is 0.542. The molecule has 16 heteroatoms. The van der Waals surface area contributed by atoms with Crippen molar-refractivity contribution in [2.24, 2.45) is 0 Å². The maximum absolute atomic E-state index is 13.9. The molecule has 0 bridgehead atoms. The lowest BCUT2D eigenvalue weighted by atomic mass is 10.1. The molecule has 1 aromatic carbocycles. The number of nitrogens with zero attached hydrogens (tertiary/aromatic N) is 3. The molecular weight excluding hydrogens is 563 g/mol. The van der Waals surface area contributed by atoms with Gasteiger partial charge in [-0.25, -0.2) is 8.42 Å². The Morgan fingerprint density at radius 3 is 2.55 bits per heavy atom. The second kappa shape index (κ2) is 11.9. The lowest BCUT2D eigenvalue weighted by Crippen LogP contribution is -2.44. The molecule has 2 N–H and O–H groups in total. The van der Waals surface area contributed by atoms with Gasteiger partial charge in [-0.3, -0.25) is 18.6 Å².